The Morgan fingerprint density at radius 2 is 1.66 bits per heavy atom. The van der Waals surface area contributed by atoms with Gasteiger partial charge in [0.25, 0.3) is 0 Å². The molecule has 0 aliphatic rings. The average Bonchev–Trinajstić information content (AvgIpc) is 3.37. The minimum Gasteiger partial charge on any atom is -0.385 e. The lowest BCUT2D eigenvalue weighted by Crippen LogP contribution is -2.47. The zero-order chi connectivity index (χ0) is 27.2. The fourth-order valence-electron chi connectivity index (χ4n) is 4.17. The number of ether oxygens (including phenoxy) is 1. The number of rotatable bonds is 15. The van der Waals surface area contributed by atoms with Gasteiger partial charge in [0.2, 0.25) is 5.91 Å². The van der Waals surface area contributed by atoms with Crippen LogP contribution in [0.5, 0.6) is 0 Å². The molecule has 3 aromatic rings. The molecule has 0 radical (unpaired) electrons. The van der Waals surface area contributed by atoms with Crippen LogP contribution < -0.4 is 5.32 Å². The maximum atomic E-state index is 13.6. The van der Waals surface area contributed by atoms with E-state index >= 15 is 0 Å². The summed E-state index contributed by atoms with van der Waals surface area (Å²) >= 11 is 3.49. The normalized spacial score (nSPS) is 10.8. The Balaban J connectivity index is 1.68. The molecule has 0 unspecified atom stereocenters. The summed E-state index contributed by atoms with van der Waals surface area (Å²) in [5.41, 5.74) is 3.27. The number of hydrogen-bond donors (Lipinski definition) is 1. The van der Waals surface area contributed by atoms with Crippen molar-refractivity contribution in [3.05, 3.63) is 94.2 Å². The van der Waals surface area contributed by atoms with Gasteiger partial charge in [0.1, 0.15) is 6.54 Å². The predicted molar refractivity (Wildman–Crippen MR) is 155 cm³/mol. The molecule has 0 aliphatic carbocycles. The summed E-state index contributed by atoms with van der Waals surface area (Å²) < 4.78 is 8.41. The zero-order valence-electron chi connectivity index (χ0n) is 22.4. The van der Waals surface area contributed by atoms with Crippen LogP contribution >= 0.6 is 15.9 Å². The minimum atomic E-state index is -0.243. The molecular formula is C30H39BrN4O3. The van der Waals surface area contributed by atoms with E-state index in [1.807, 2.05) is 59.6 Å². The molecule has 1 N–H and O–H groups in total. The Bertz CT molecular complexity index is 1120. The summed E-state index contributed by atoms with van der Waals surface area (Å²) in [5, 5.41) is 2.97. The zero-order valence-corrected chi connectivity index (χ0v) is 24.0. The third kappa shape index (κ3) is 9.65. The molecule has 1 heterocycles. The van der Waals surface area contributed by atoms with Gasteiger partial charge < -0.3 is 24.4 Å². The van der Waals surface area contributed by atoms with Gasteiger partial charge in [-0.3, -0.25) is 4.79 Å². The number of carbonyl (C=O) groups excluding carboxylic acids is 2. The molecule has 2 aromatic carbocycles. The molecule has 0 saturated carbocycles. The van der Waals surface area contributed by atoms with Gasteiger partial charge >= 0.3 is 6.03 Å². The van der Waals surface area contributed by atoms with Crippen LogP contribution in [-0.4, -0.2) is 59.7 Å². The number of nitrogens with one attached hydrogen (secondary N) is 1. The average molecular weight is 584 g/mol. The molecule has 38 heavy (non-hydrogen) atoms. The number of urea groups is 1. The molecule has 8 heteroatoms. The summed E-state index contributed by atoms with van der Waals surface area (Å²) in [5.74, 6) is -0.0536. The van der Waals surface area contributed by atoms with E-state index in [0.29, 0.717) is 39.2 Å². The van der Waals surface area contributed by atoms with Crippen molar-refractivity contribution < 1.29 is 14.3 Å². The van der Waals surface area contributed by atoms with Crippen molar-refractivity contribution in [2.24, 2.45) is 0 Å². The SMILES string of the molecule is CCCCN(Cc1cccn1Cc1ccc(Br)cc1)C(=O)CN(CCCOC)C(=O)NCc1ccccc1. The number of aromatic nitrogens is 1. The van der Waals surface area contributed by atoms with E-state index in [0.717, 1.165) is 35.1 Å². The quantitative estimate of drug-likeness (QED) is 0.234. The molecule has 3 amide bonds. The molecule has 1 aromatic heterocycles. The predicted octanol–water partition coefficient (Wildman–Crippen LogP) is 5.68. The lowest BCUT2D eigenvalue weighted by atomic mass is 10.2. The van der Waals surface area contributed by atoms with E-state index in [2.05, 4.69) is 50.9 Å². The molecule has 0 saturated heterocycles. The van der Waals surface area contributed by atoms with Gasteiger partial charge in [0.15, 0.2) is 0 Å². The summed E-state index contributed by atoms with van der Waals surface area (Å²) in [6, 6.07) is 21.9. The van der Waals surface area contributed by atoms with Gasteiger partial charge in [-0.05, 0) is 48.2 Å². The second kappa shape index (κ2) is 16.0. The number of methoxy groups -OCH3 is 1. The van der Waals surface area contributed by atoms with Crippen molar-refractivity contribution in [3.8, 4) is 0 Å². The van der Waals surface area contributed by atoms with Gasteiger partial charge in [-0.2, -0.15) is 0 Å². The van der Waals surface area contributed by atoms with E-state index < -0.39 is 0 Å². The van der Waals surface area contributed by atoms with E-state index in [-0.39, 0.29) is 18.5 Å². The molecular weight excluding hydrogens is 544 g/mol. The number of benzene rings is 2. The third-order valence-corrected chi connectivity index (χ3v) is 6.88. The van der Waals surface area contributed by atoms with Crippen molar-refractivity contribution in [2.75, 3.05) is 33.4 Å². The summed E-state index contributed by atoms with van der Waals surface area (Å²) in [7, 11) is 1.64. The third-order valence-electron chi connectivity index (χ3n) is 6.35. The van der Waals surface area contributed by atoms with Crippen LogP contribution in [0.25, 0.3) is 0 Å². The highest BCUT2D eigenvalue weighted by Crippen LogP contribution is 2.15. The molecule has 0 spiro atoms. The van der Waals surface area contributed by atoms with Crippen LogP contribution in [0.4, 0.5) is 4.79 Å². The number of hydrogen-bond acceptors (Lipinski definition) is 3. The van der Waals surface area contributed by atoms with E-state index in [9.17, 15) is 9.59 Å². The van der Waals surface area contributed by atoms with Crippen molar-refractivity contribution in [1.29, 1.82) is 0 Å². The molecule has 0 fully saturated rings. The summed E-state index contributed by atoms with van der Waals surface area (Å²) in [6.45, 7) is 5.42. The Morgan fingerprint density at radius 3 is 2.37 bits per heavy atom. The maximum absolute atomic E-state index is 13.6. The molecule has 7 nitrogen and oxygen atoms in total. The lowest BCUT2D eigenvalue weighted by Gasteiger charge is -2.28. The standard InChI is InChI=1S/C30H39BrN4O3/c1-3-4-17-34(23-28-12-8-18-33(28)22-26-13-15-27(31)16-14-26)29(36)24-35(19-9-20-38-2)30(37)32-21-25-10-6-5-7-11-25/h5-8,10-16,18H,3-4,9,17,19-24H2,1-2H3,(H,32,37). The Hall–Kier alpha value is -3.10. The Kier molecular flexibility index (Phi) is 12.4. The molecule has 0 bridgehead atoms. The topological polar surface area (TPSA) is 66.8 Å². The van der Waals surface area contributed by atoms with Crippen LogP contribution in [0, 0.1) is 0 Å². The van der Waals surface area contributed by atoms with Gasteiger partial charge in [-0.15, -0.1) is 0 Å². The highest BCUT2D eigenvalue weighted by atomic mass is 79.9. The highest BCUT2D eigenvalue weighted by molar-refractivity contribution is 9.10. The second-order valence-corrected chi connectivity index (χ2v) is 10.3. The number of amides is 3. The van der Waals surface area contributed by atoms with Crippen LogP contribution in [0.2, 0.25) is 0 Å². The number of carbonyl (C=O) groups is 2. The fraction of sp³-hybridized carbons (Fsp3) is 0.400. The smallest absolute Gasteiger partial charge is 0.318 e. The Labute approximate surface area is 234 Å². The number of nitrogens with zero attached hydrogens (tertiary/aromatic N) is 3. The molecule has 0 aliphatic heterocycles. The minimum absolute atomic E-state index is 0.0292. The van der Waals surface area contributed by atoms with Crippen LogP contribution in [0.1, 0.15) is 43.0 Å². The van der Waals surface area contributed by atoms with Gasteiger partial charge in [-0.1, -0.05) is 71.7 Å². The van der Waals surface area contributed by atoms with Gasteiger partial charge in [0, 0.05) is 56.3 Å². The van der Waals surface area contributed by atoms with Gasteiger partial charge in [0.05, 0.1) is 6.54 Å². The van der Waals surface area contributed by atoms with Crippen LogP contribution in [-0.2, 0) is 29.2 Å². The first-order valence-electron chi connectivity index (χ1n) is 13.2. The van der Waals surface area contributed by atoms with Gasteiger partial charge in [-0.25, -0.2) is 4.79 Å². The fourth-order valence-corrected chi connectivity index (χ4v) is 4.44. The lowest BCUT2D eigenvalue weighted by molar-refractivity contribution is -0.132. The monoisotopic (exact) mass is 582 g/mol. The maximum Gasteiger partial charge on any atom is 0.318 e. The Morgan fingerprint density at radius 1 is 0.921 bits per heavy atom. The van der Waals surface area contributed by atoms with Crippen LogP contribution in [0.15, 0.2) is 77.4 Å². The number of halogens is 1. The summed E-state index contributed by atoms with van der Waals surface area (Å²) in [4.78, 5) is 30.1. The summed E-state index contributed by atoms with van der Waals surface area (Å²) in [6.07, 6.45) is 4.60. The highest BCUT2D eigenvalue weighted by Gasteiger charge is 2.22. The van der Waals surface area contributed by atoms with Crippen LogP contribution in [0.3, 0.4) is 0 Å². The first-order valence-corrected chi connectivity index (χ1v) is 14.0. The number of unbranched alkanes of at least 4 members (excludes halogenated alkanes) is 1. The van der Waals surface area contributed by atoms with Crippen molar-refractivity contribution in [3.63, 3.8) is 0 Å². The van der Waals surface area contributed by atoms with Crippen molar-refractivity contribution in [1.82, 2.24) is 19.7 Å². The molecule has 0 atom stereocenters. The first-order chi connectivity index (χ1) is 18.5. The van der Waals surface area contributed by atoms with Crippen molar-refractivity contribution in [2.45, 2.75) is 45.8 Å². The van der Waals surface area contributed by atoms with E-state index in [1.54, 1.807) is 12.0 Å². The van der Waals surface area contributed by atoms with E-state index in [1.165, 1.54) is 5.56 Å². The second-order valence-electron chi connectivity index (χ2n) is 9.33. The molecule has 204 valence electrons. The van der Waals surface area contributed by atoms with Crippen molar-refractivity contribution >= 4 is 27.9 Å². The molecule has 3 rings (SSSR count). The largest absolute Gasteiger partial charge is 0.385 e. The first kappa shape index (κ1) is 29.5. The van der Waals surface area contributed by atoms with E-state index in [4.69, 9.17) is 4.74 Å².